The van der Waals surface area contributed by atoms with Gasteiger partial charge >= 0.3 is 0 Å². The van der Waals surface area contributed by atoms with Crippen molar-refractivity contribution in [3.63, 3.8) is 0 Å². The van der Waals surface area contributed by atoms with Gasteiger partial charge in [-0.15, -0.1) is 0 Å². The Balaban J connectivity index is 1.79. The number of aryl methyl sites for hydroxylation is 3. The van der Waals surface area contributed by atoms with Crippen LogP contribution >= 0.6 is 0 Å². The molecule has 0 saturated carbocycles. The summed E-state index contributed by atoms with van der Waals surface area (Å²) in [6.07, 6.45) is 1.00. The third-order valence-corrected chi connectivity index (χ3v) is 4.68. The third kappa shape index (κ3) is 2.83. The summed E-state index contributed by atoms with van der Waals surface area (Å²) in [6, 6.07) is 0. The number of carbonyl (C=O) groups excluding carboxylic acids is 1. The average molecular weight is 333 g/mol. The summed E-state index contributed by atoms with van der Waals surface area (Å²) >= 11 is 0. The molecule has 8 nitrogen and oxygen atoms in total. The molecule has 1 fully saturated rings. The maximum absolute atomic E-state index is 12.3. The van der Waals surface area contributed by atoms with Crippen LogP contribution in [0, 0.1) is 13.8 Å². The van der Waals surface area contributed by atoms with E-state index in [2.05, 4.69) is 15.4 Å². The molecule has 0 aromatic carbocycles. The molecule has 2 atom stereocenters. The molecule has 130 valence electrons. The molecule has 0 aliphatic carbocycles. The van der Waals surface area contributed by atoms with Gasteiger partial charge in [0.05, 0.1) is 11.5 Å². The number of hydrogen-bond acceptors (Lipinski definition) is 5. The maximum Gasteiger partial charge on any atom is 0.273 e. The molecule has 24 heavy (non-hydrogen) atoms. The van der Waals surface area contributed by atoms with Crippen LogP contribution in [0.5, 0.6) is 0 Å². The van der Waals surface area contributed by atoms with Gasteiger partial charge in [0.1, 0.15) is 6.10 Å². The highest BCUT2D eigenvalue weighted by Gasteiger charge is 2.29. The number of pyridine rings is 1. The number of H-pyrrole nitrogens is 1. The minimum atomic E-state index is -0.448. The van der Waals surface area contributed by atoms with Gasteiger partial charge < -0.3 is 15.8 Å². The van der Waals surface area contributed by atoms with Gasteiger partial charge in [-0.3, -0.25) is 19.4 Å². The molecule has 0 unspecified atom stereocenters. The van der Waals surface area contributed by atoms with E-state index in [1.54, 1.807) is 11.7 Å². The van der Waals surface area contributed by atoms with Crippen molar-refractivity contribution in [1.82, 2.24) is 20.1 Å². The molecule has 0 bridgehead atoms. The number of ether oxygens (including phenoxy) is 1. The lowest BCUT2D eigenvalue weighted by atomic mass is 10.0. The van der Waals surface area contributed by atoms with Crippen LogP contribution in [-0.2, 0) is 23.1 Å². The van der Waals surface area contributed by atoms with Crippen molar-refractivity contribution in [2.45, 2.75) is 45.4 Å². The van der Waals surface area contributed by atoms with Crippen LogP contribution in [-0.4, -0.2) is 39.4 Å². The van der Waals surface area contributed by atoms with E-state index in [-0.39, 0.29) is 17.6 Å². The number of nitrogens with zero attached hydrogens (tertiary/aromatic N) is 2. The smallest absolute Gasteiger partial charge is 0.273 e. The number of aromatic nitrogens is 3. The van der Waals surface area contributed by atoms with Crippen molar-refractivity contribution >= 4 is 16.9 Å². The van der Waals surface area contributed by atoms with Gasteiger partial charge in [-0.2, -0.15) is 0 Å². The van der Waals surface area contributed by atoms with Gasteiger partial charge in [-0.05, 0) is 37.8 Å². The van der Waals surface area contributed by atoms with Crippen molar-refractivity contribution in [1.29, 1.82) is 0 Å². The van der Waals surface area contributed by atoms with Crippen LogP contribution in [0.2, 0.25) is 0 Å². The fraction of sp³-hybridized carbons (Fsp3) is 0.562. The second-order valence-electron chi connectivity index (χ2n) is 6.28. The van der Waals surface area contributed by atoms with Crippen molar-refractivity contribution in [3.05, 3.63) is 27.2 Å². The van der Waals surface area contributed by atoms with Crippen LogP contribution < -0.4 is 16.6 Å². The number of amides is 1. The molecular weight excluding hydrogens is 310 g/mol. The zero-order valence-corrected chi connectivity index (χ0v) is 14.2. The molecule has 8 heteroatoms. The van der Waals surface area contributed by atoms with Gasteiger partial charge in [-0.1, -0.05) is 0 Å². The number of carbonyl (C=O) groups is 1. The van der Waals surface area contributed by atoms with Crippen molar-refractivity contribution in [2.75, 3.05) is 6.54 Å². The standard InChI is InChI=1S/C16H23N5O3/c1-8-11(7-18-15(22)12-5-4-10(6-17)24-12)9(2)19-14-13(8)16(23)20-21(14)3/h10,12H,4-7,17H2,1-3H3,(H,18,22)(H,20,23)/t10-,12+/m1/s1. The summed E-state index contributed by atoms with van der Waals surface area (Å²) in [6.45, 7) is 4.51. The van der Waals surface area contributed by atoms with Gasteiger partial charge in [0, 0.05) is 25.8 Å². The second-order valence-corrected chi connectivity index (χ2v) is 6.28. The first kappa shape index (κ1) is 16.7. The highest BCUT2D eigenvalue weighted by atomic mass is 16.5. The first-order valence-electron chi connectivity index (χ1n) is 8.10. The number of rotatable bonds is 4. The Morgan fingerprint density at radius 2 is 2.21 bits per heavy atom. The Morgan fingerprint density at radius 1 is 1.46 bits per heavy atom. The summed E-state index contributed by atoms with van der Waals surface area (Å²) in [5.74, 6) is -0.146. The van der Waals surface area contributed by atoms with Crippen molar-refractivity contribution in [2.24, 2.45) is 12.8 Å². The van der Waals surface area contributed by atoms with Gasteiger partial charge in [0.15, 0.2) is 5.65 Å². The molecule has 4 N–H and O–H groups in total. The van der Waals surface area contributed by atoms with Gasteiger partial charge in [0.2, 0.25) is 5.91 Å². The minimum Gasteiger partial charge on any atom is -0.364 e. The van der Waals surface area contributed by atoms with E-state index >= 15 is 0 Å². The van der Waals surface area contributed by atoms with Crippen LogP contribution in [0.1, 0.15) is 29.7 Å². The molecule has 1 saturated heterocycles. The van der Waals surface area contributed by atoms with Crippen LogP contribution in [0.15, 0.2) is 4.79 Å². The number of nitrogens with one attached hydrogen (secondary N) is 2. The fourth-order valence-electron chi connectivity index (χ4n) is 3.27. The van der Waals surface area contributed by atoms with E-state index in [9.17, 15) is 9.59 Å². The summed E-state index contributed by atoms with van der Waals surface area (Å²) < 4.78 is 7.21. The number of nitrogens with two attached hydrogens (primary N) is 1. The van der Waals surface area contributed by atoms with Crippen LogP contribution in [0.25, 0.3) is 11.0 Å². The molecule has 1 aliphatic heterocycles. The van der Waals surface area contributed by atoms with Crippen LogP contribution in [0.4, 0.5) is 0 Å². The van der Waals surface area contributed by atoms with E-state index in [4.69, 9.17) is 10.5 Å². The fourth-order valence-corrected chi connectivity index (χ4v) is 3.27. The predicted octanol–water partition coefficient (Wildman–Crippen LogP) is 0.000940. The topological polar surface area (TPSA) is 115 Å². The lowest BCUT2D eigenvalue weighted by molar-refractivity contribution is -0.132. The molecule has 1 amide bonds. The molecule has 3 rings (SSSR count). The quantitative estimate of drug-likeness (QED) is 0.728. The Labute approximate surface area is 139 Å². The zero-order valence-electron chi connectivity index (χ0n) is 14.2. The molecule has 0 radical (unpaired) electrons. The summed E-state index contributed by atoms with van der Waals surface area (Å²) in [7, 11) is 1.75. The van der Waals surface area contributed by atoms with Gasteiger partial charge in [0.25, 0.3) is 5.56 Å². The number of fused-ring (bicyclic) bond motifs is 1. The molecule has 1 aliphatic rings. The highest BCUT2D eigenvalue weighted by molar-refractivity contribution is 5.82. The zero-order chi connectivity index (χ0) is 17.4. The first-order chi connectivity index (χ1) is 11.4. The van der Waals surface area contributed by atoms with Crippen LogP contribution in [0.3, 0.4) is 0 Å². The molecular formula is C16H23N5O3. The molecule has 2 aromatic heterocycles. The SMILES string of the molecule is Cc1nc2c(c(C)c1CNC(=O)[C@@H]1CC[C@H](CN)O1)c(=O)[nH]n2C. The van der Waals surface area contributed by atoms with Crippen molar-refractivity contribution in [3.8, 4) is 0 Å². The lowest BCUT2D eigenvalue weighted by Crippen LogP contribution is -2.35. The second kappa shape index (κ2) is 6.37. The summed E-state index contributed by atoms with van der Waals surface area (Å²) in [5, 5.41) is 6.17. The average Bonchev–Trinajstić information content (AvgIpc) is 3.12. The minimum absolute atomic E-state index is 0.0369. The van der Waals surface area contributed by atoms with E-state index in [0.29, 0.717) is 30.5 Å². The third-order valence-electron chi connectivity index (χ3n) is 4.68. The summed E-state index contributed by atoms with van der Waals surface area (Å²) in [4.78, 5) is 28.8. The summed E-state index contributed by atoms with van der Waals surface area (Å²) in [5.41, 5.74) is 8.51. The van der Waals surface area contributed by atoms with E-state index in [1.165, 1.54) is 0 Å². The van der Waals surface area contributed by atoms with Crippen molar-refractivity contribution < 1.29 is 9.53 Å². The number of aromatic amines is 1. The highest BCUT2D eigenvalue weighted by Crippen LogP contribution is 2.21. The van der Waals surface area contributed by atoms with E-state index < -0.39 is 6.10 Å². The van der Waals surface area contributed by atoms with E-state index in [1.807, 2.05) is 13.8 Å². The maximum atomic E-state index is 12.3. The Kier molecular flexibility index (Phi) is 4.42. The first-order valence-corrected chi connectivity index (χ1v) is 8.10. The van der Waals surface area contributed by atoms with Gasteiger partial charge in [-0.25, -0.2) is 4.98 Å². The Hall–Kier alpha value is -2.19. The monoisotopic (exact) mass is 333 g/mol. The van der Waals surface area contributed by atoms with E-state index in [0.717, 1.165) is 23.2 Å². The Morgan fingerprint density at radius 3 is 2.88 bits per heavy atom. The molecule has 2 aromatic rings. The lowest BCUT2D eigenvalue weighted by Gasteiger charge is -2.15. The predicted molar refractivity (Wildman–Crippen MR) is 89.6 cm³/mol. The Bertz CT molecular complexity index is 838. The molecule has 0 spiro atoms. The molecule has 3 heterocycles. The normalized spacial score (nSPS) is 20.7. The largest absolute Gasteiger partial charge is 0.364 e. The number of hydrogen-bond donors (Lipinski definition) is 3.